The first-order chi connectivity index (χ1) is 13.0. The van der Waals surface area contributed by atoms with Crippen molar-refractivity contribution in [2.24, 2.45) is 0 Å². The fraction of sp³-hybridized carbons (Fsp3) is 0.0952. The standard InChI is InChI=1S/C21H17BrN2O3/c1-14-11-16(27-13-20(25)24-15-5-4-10-23-12-15)8-9-17(14)21(26)18-6-2-3-7-19(18)22/h2-12H,13H2,1H3,(H,24,25). The van der Waals surface area contributed by atoms with Crippen LogP contribution in [0.2, 0.25) is 0 Å². The number of nitrogens with zero attached hydrogens (tertiary/aromatic N) is 1. The van der Waals surface area contributed by atoms with E-state index < -0.39 is 0 Å². The highest BCUT2D eigenvalue weighted by Crippen LogP contribution is 2.24. The molecule has 0 aliphatic heterocycles. The van der Waals surface area contributed by atoms with Gasteiger partial charge in [0.25, 0.3) is 5.91 Å². The predicted octanol–water partition coefficient (Wildman–Crippen LogP) is 4.40. The second kappa shape index (κ2) is 8.60. The smallest absolute Gasteiger partial charge is 0.262 e. The molecule has 1 heterocycles. The third-order valence-electron chi connectivity index (χ3n) is 3.88. The average molecular weight is 425 g/mol. The Balaban J connectivity index is 1.65. The van der Waals surface area contributed by atoms with Gasteiger partial charge in [-0.15, -0.1) is 0 Å². The maximum absolute atomic E-state index is 12.7. The van der Waals surface area contributed by atoms with Gasteiger partial charge in [-0.25, -0.2) is 0 Å². The number of amides is 1. The molecule has 0 atom stereocenters. The number of rotatable bonds is 6. The van der Waals surface area contributed by atoms with Gasteiger partial charge in [-0.1, -0.05) is 28.1 Å². The zero-order chi connectivity index (χ0) is 19.2. The van der Waals surface area contributed by atoms with Crippen molar-refractivity contribution in [3.05, 3.63) is 88.2 Å². The van der Waals surface area contributed by atoms with Crippen LogP contribution in [-0.4, -0.2) is 23.3 Å². The van der Waals surface area contributed by atoms with Crippen LogP contribution in [0.5, 0.6) is 5.75 Å². The Kier molecular flexibility index (Phi) is 5.98. The normalized spacial score (nSPS) is 10.3. The van der Waals surface area contributed by atoms with Gasteiger partial charge in [0.05, 0.1) is 11.9 Å². The summed E-state index contributed by atoms with van der Waals surface area (Å²) in [6, 6.07) is 15.9. The highest BCUT2D eigenvalue weighted by atomic mass is 79.9. The van der Waals surface area contributed by atoms with E-state index in [1.165, 1.54) is 0 Å². The highest BCUT2D eigenvalue weighted by molar-refractivity contribution is 9.10. The minimum absolute atomic E-state index is 0.0687. The molecule has 1 aromatic heterocycles. The molecule has 0 spiro atoms. The second-order valence-electron chi connectivity index (χ2n) is 5.86. The average Bonchev–Trinajstić information content (AvgIpc) is 2.67. The van der Waals surface area contributed by atoms with Crippen LogP contribution in [0.25, 0.3) is 0 Å². The Morgan fingerprint density at radius 2 is 1.89 bits per heavy atom. The van der Waals surface area contributed by atoms with Crippen LogP contribution in [0.15, 0.2) is 71.5 Å². The Labute approximate surface area is 165 Å². The third-order valence-corrected chi connectivity index (χ3v) is 4.57. The van der Waals surface area contributed by atoms with E-state index in [4.69, 9.17) is 4.74 Å². The molecule has 0 aliphatic carbocycles. The Morgan fingerprint density at radius 1 is 1.07 bits per heavy atom. The molecular weight excluding hydrogens is 408 g/mol. The van der Waals surface area contributed by atoms with E-state index >= 15 is 0 Å². The lowest BCUT2D eigenvalue weighted by Crippen LogP contribution is -2.20. The highest BCUT2D eigenvalue weighted by Gasteiger charge is 2.15. The van der Waals surface area contributed by atoms with E-state index in [0.29, 0.717) is 22.6 Å². The molecule has 1 amide bonds. The molecule has 6 heteroatoms. The van der Waals surface area contributed by atoms with Crippen LogP contribution in [-0.2, 0) is 4.79 Å². The van der Waals surface area contributed by atoms with Gasteiger partial charge in [0, 0.05) is 21.8 Å². The summed E-state index contributed by atoms with van der Waals surface area (Å²) in [6.45, 7) is 1.71. The largest absolute Gasteiger partial charge is 0.484 e. The Bertz CT molecular complexity index is 974. The molecule has 136 valence electrons. The third kappa shape index (κ3) is 4.80. The quantitative estimate of drug-likeness (QED) is 0.595. The summed E-state index contributed by atoms with van der Waals surface area (Å²) < 4.78 is 6.28. The van der Waals surface area contributed by atoms with Crippen LogP contribution >= 0.6 is 15.9 Å². The van der Waals surface area contributed by atoms with Crippen LogP contribution in [0, 0.1) is 6.92 Å². The molecule has 0 saturated heterocycles. The molecule has 0 aliphatic rings. The van der Waals surface area contributed by atoms with Crippen molar-refractivity contribution in [1.29, 1.82) is 0 Å². The van der Waals surface area contributed by atoms with Gasteiger partial charge in [0.15, 0.2) is 12.4 Å². The van der Waals surface area contributed by atoms with Gasteiger partial charge in [0.1, 0.15) is 5.75 Å². The summed E-state index contributed by atoms with van der Waals surface area (Å²) in [5.41, 5.74) is 2.58. The fourth-order valence-electron chi connectivity index (χ4n) is 2.55. The first-order valence-corrected chi connectivity index (χ1v) is 9.06. The zero-order valence-corrected chi connectivity index (χ0v) is 16.2. The van der Waals surface area contributed by atoms with E-state index in [1.54, 1.807) is 48.8 Å². The molecular formula is C21H17BrN2O3. The molecule has 5 nitrogen and oxygen atoms in total. The molecule has 27 heavy (non-hydrogen) atoms. The van der Waals surface area contributed by atoms with Crippen molar-refractivity contribution in [2.45, 2.75) is 6.92 Å². The second-order valence-corrected chi connectivity index (χ2v) is 6.72. The molecule has 3 rings (SSSR count). The molecule has 1 N–H and O–H groups in total. The number of aromatic nitrogens is 1. The number of carbonyl (C=O) groups excluding carboxylic acids is 2. The van der Waals surface area contributed by atoms with E-state index in [9.17, 15) is 9.59 Å². The molecule has 0 bridgehead atoms. The first-order valence-electron chi connectivity index (χ1n) is 8.27. The lowest BCUT2D eigenvalue weighted by molar-refractivity contribution is -0.118. The lowest BCUT2D eigenvalue weighted by atomic mass is 9.99. The zero-order valence-electron chi connectivity index (χ0n) is 14.6. The number of benzene rings is 2. The van der Waals surface area contributed by atoms with Crippen LogP contribution in [0.1, 0.15) is 21.5 Å². The molecule has 2 aromatic carbocycles. The molecule has 0 radical (unpaired) electrons. The number of halogens is 1. The van der Waals surface area contributed by atoms with Crippen molar-refractivity contribution in [2.75, 3.05) is 11.9 Å². The van der Waals surface area contributed by atoms with Gasteiger partial charge < -0.3 is 10.1 Å². The number of aryl methyl sites for hydroxylation is 1. The number of hydrogen-bond acceptors (Lipinski definition) is 4. The SMILES string of the molecule is Cc1cc(OCC(=O)Nc2cccnc2)ccc1C(=O)c1ccccc1Br. The number of anilines is 1. The lowest BCUT2D eigenvalue weighted by Gasteiger charge is -2.11. The monoisotopic (exact) mass is 424 g/mol. The van der Waals surface area contributed by atoms with Crippen molar-refractivity contribution < 1.29 is 14.3 Å². The van der Waals surface area contributed by atoms with E-state index in [2.05, 4.69) is 26.2 Å². The van der Waals surface area contributed by atoms with Crippen molar-refractivity contribution >= 4 is 33.3 Å². The summed E-state index contributed by atoms with van der Waals surface area (Å²) in [7, 11) is 0. The Morgan fingerprint density at radius 3 is 2.59 bits per heavy atom. The topological polar surface area (TPSA) is 68.3 Å². The van der Waals surface area contributed by atoms with Crippen molar-refractivity contribution in [3.8, 4) is 5.75 Å². The number of ether oxygens (including phenoxy) is 1. The summed E-state index contributed by atoms with van der Waals surface area (Å²) in [5.74, 6) is 0.174. The summed E-state index contributed by atoms with van der Waals surface area (Å²) in [6.07, 6.45) is 3.19. The van der Waals surface area contributed by atoms with Gasteiger partial charge in [-0.05, 0) is 55.0 Å². The minimum Gasteiger partial charge on any atom is -0.484 e. The van der Waals surface area contributed by atoms with E-state index in [-0.39, 0.29) is 18.3 Å². The molecule has 0 saturated carbocycles. The van der Waals surface area contributed by atoms with Gasteiger partial charge in [0.2, 0.25) is 0 Å². The number of ketones is 1. The van der Waals surface area contributed by atoms with Gasteiger partial charge in [-0.2, -0.15) is 0 Å². The molecule has 3 aromatic rings. The Hall–Kier alpha value is -2.99. The number of pyridine rings is 1. The minimum atomic E-state index is -0.283. The molecule has 0 unspecified atom stereocenters. The van der Waals surface area contributed by atoms with Gasteiger partial charge in [-0.3, -0.25) is 14.6 Å². The van der Waals surface area contributed by atoms with Crippen molar-refractivity contribution in [1.82, 2.24) is 4.98 Å². The number of carbonyl (C=O) groups is 2. The van der Waals surface area contributed by atoms with Crippen LogP contribution < -0.4 is 10.1 Å². The maximum Gasteiger partial charge on any atom is 0.262 e. The van der Waals surface area contributed by atoms with Crippen LogP contribution in [0.4, 0.5) is 5.69 Å². The summed E-state index contributed by atoms with van der Waals surface area (Å²) in [4.78, 5) is 28.6. The summed E-state index contributed by atoms with van der Waals surface area (Å²) in [5, 5.41) is 2.70. The van der Waals surface area contributed by atoms with Crippen LogP contribution in [0.3, 0.4) is 0 Å². The maximum atomic E-state index is 12.7. The molecule has 0 fully saturated rings. The number of nitrogens with one attached hydrogen (secondary N) is 1. The first kappa shape index (κ1) is 18.8. The van der Waals surface area contributed by atoms with E-state index in [0.717, 1.165) is 10.0 Å². The number of hydrogen-bond donors (Lipinski definition) is 1. The van der Waals surface area contributed by atoms with E-state index in [1.807, 2.05) is 25.1 Å². The van der Waals surface area contributed by atoms with Gasteiger partial charge >= 0.3 is 0 Å². The fourth-order valence-corrected chi connectivity index (χ4v) is 3.02. The van der Waals surface area contributed by atoms with Crippen molar-refractivity contribution in [3.63, 3.8) is 0 Å². The summed E-state index contributed by atoms with van der Waals surface area (Å²) >= 11 is 3.41. The predicted molar refractivity (Wildman–Crippen MR) is 107 cm³/mol.